The Hall–Kier alpha value is -0.780. The molecule has 0 aromatic heterocycles. The number of aliphatic imine (C=N–C) groups is 1. The number of alkyl halides is 3. The van der Waals surface area contributed by atoms with Gasteiger partial charge in [-0.05, 0) is 12.8 Å². The number of morpholine rings is 1. The molecule has 2 saturated heterocycles. The summed E-state index contributed by atoms with van der Waals surface area (Å²) in [5.74, 6) is 0.613. The van der Waals surface area contributed by atoms with Crippen molar-refractivity contribution in [1.82, 2.24) is 15.1 Å². The summed E-state index contributed by atoms with van der Waals surface area (Å²) in [7, 11) is 1.56. The normalized spacial score (nSPS) is 20.2. The van der Waals surface area contributed by atoms with E-state index in [0.717, 1.165) is 0 Å². The number of likely N-dealkylation sites (tertiary alicyclic amines) is 1. The maximum atomic E-state index is 12.5. The average Bonchev–Trinajstić information content (AvgIpc) is 2.58. The molecule has 1 N–H and O–H groups in total. The van der Waals surface area contributed by atoms with Crippen molar-refractivity contribution in [3.05, 3.63) is 0 Å². The summed E-state index contributed by atoms with van der Waals surface area (Å²) >= 11 is 0. The minimum Gasteiger partial charge on any atom is -0.378 e. The van der Waals surface area contributed by atoms with Crippen LogP contribution in [0.25, 0.3) is 0 Å². The lowest BCUT2D eigenvalue weighted by atomic mass is 9.95. The molecule has 0 aliphatic carbocycles. The molecule has 0 unspecified atom stereocenters. The molecule has 0 spiro atoms. The molecule has 0 atom stereocenters. The minimum atomic E-state index is -4.18. The van der Waals surface area contributed by atoms with E-state index < -0.39 is 12.6 Å². The zero-order valence-corrected chi connectivity index (χ0v) is 16.7. The lowest BCUT2D eigenvalue weighted by Crippen LogP contribution is -2.50. The number of amides is 1. The molecule has 2 heterocycles. The van der Waals surface area contributed by atoms with Crippen LogP contribution in [0.2, 0.25) is 0 Å². The van der Waals surface area contributed by atoms with Gasteiger partial charge in [0.2, 0.25) is 5.91 Å². The number of nitrogens with zero attached hydrogens (tertiary/aromatic N) is 3. The van der Waals surface area contributed by atoms with Crippen LogP contribution >= 0.6 is 24.0 Å². The third-order valence-corrected chi connectivity index (χ3v) is 4.37. The first-order valence-corrected chi connectivity index (χ1v) is 8.29. The summed E-state index contributed by atoms with van der Waals surface area (Å²) < 4.78 is 41.9. The van der Waals surface area contributed by atoms with Crippen molar-refractivity contribution in [2.24, 2.45) is 10.9 Å². The molecule has 2 aliphatic rings. The van der Waals surface area contributed by atoms with Crippen LogP contribution in [0.4, 0.5) is 13.2 Å². The summed E-state index contributed by atoms with van der Waals surface area (Å²) in [5.41, 5.74) is 0. The second-order valence-electron chi connectivity index (χ2n) is 6.04. The average molecular weight is 478 g/mol. The van der Waals surface area contributed by atoms with Crippen molar-refractivity contribution >= 4 is 35.8 Å². The number of nitrogens with one attached hydrogen (secondary N) is 1. The van der Waals surface area contributed by atoms with E-state index in [4.69, 9.17) is 4.74 Å². The predicted octanol–water partition coefficient (Wildman–Crippen LogP) is 1.70. The van der Waals surface area contributed by atoms with E-state index in [0.29, 0.717) is 58.2 Å². The zero-order chi connectivity index (χ0) is 17.6. The van der Waals surface area contributed by atoms with E-state index in [-0.39, 0.29) is 42.3 Å². The van der Waals surface area contributed by atoms with Gasteiger partial charge in [0.15, 0.2) is 5.96 Å². The first kappa shape index (κ1) is 22.3. The Labute approximate surface area is 163 Å². The highest BCUT2D eigenvalue weighted by atomic mass is 127. The predicted molar refractivity (Wildman–Crippen MR) is 99.1 cm³/mol. The van der Waals surface area contributed by atoms with Gasteiger partial charge in [-0.1, -0.05) is 0 Å². The van der Waals surface area contributed by atoms with E-state index in [1.807, 2.05) is 9.80 Å². The molecule has 10 heteroatoms. The van der Waals surface area contributed by atoms with Gasteiger partial charge < -0.3 is 19.9 Å². The van der Waals surface area contributed by atoms with Crippen LogP contribution in [0.1, 0.15) is 19.3 Å². The Bertz CT molecular complexity index is 449. The summed E-state index contributed by atoms with van der Waals surface area (Å²) in [5, 5.41) is 2.75. The van der Waals surface area contributed by atoms with Crippen molar-refractivity contribution in [2.75, 3.05) is 53.0 Å². The molecule has 25 heavy (non-hydrogen) atoms. The van der Waals surface area contributed by atoms with Crippen LogP contribution in [0.15, 0.2) is 4.99 Å². The summed E-state index contributed by atoms with van der Waals surface area (Å²) in [6, 6.07) is 0. The van der Waals surface area contributed by atoms with Crippen LogP contribution in [0.5, 0.6) is 0 Å². The highest BCUT2D eigenvalue weighted by Gasteiger charge is 2.31. The van der Waals surface area contributed by atoms with Gasteiger partial charge in [-0.25, -0.2) is 0 Å². The molecular formula is C15H26F3IN4O2. The number of guanidine groups is 1. The van der Waals surface area contributed by atoms with Gasteiger partial charge in [0, 0.05) is 45.7 Å². The Morgan fingerprint density at radius 1 is 1.16 bits per heavy atom. The van der Waals surface area contributed by atoms with Crippen LogP contribution in [0.3, 0.4) is 0 Å². The Balaban J connectivity index is 0.00000312. The van der Waals surface area contributed by atoms with E-state index >= 15 is 0 Å². The third kappa shape index (κ3) is 7.16. The molecule has 0 aromatic carbocycles. The van der Waals surface area contributed by atoms with Gasteiger partial charge in [0.1, 0.15) is 0 Å². The monoisotopic (exact) mass is 478 g/mol. The second kappa shape index (κ2) is 10.4. The van der Waals surface area contributed by atoms with Crippen molar-refractivity contribution in [1.29, 1.82) is 0 Å². The molecule has 2 rings (SSSR count). The van der Waals surface area contributed by atoms with Crippen LogP contribution < -0.4 is 5.32 Å². The summed E-state index contributed by atoms with van der Waals surface area (Å²) in [6.45, 7) is 3.49. The first-order chi connectivity index (χ1) is 11.4. The molecule has 2 aliphatic heterocycles. The van der Waals surface area contributed by atoms with Gasteiger partial charge in [-0.3, -0.25) is 9.79 Å². The standard InChI is InChI=1S/C15H25F3N4O2.HI/c1-19-14(20-5-4-15(16,17)18)22-6-2-12(3-7-22)13(23)21-8-10-24-11-9-21;/h12H,2-11H2,1H3,(H,19,20);1H. The van der Waals surface area contributed by atoms with Gasteiger partial charge >= 0.3 is 6.18 Å². The highest BCUT2D eigenvalue weighted by molar-refractivity contribution is 14.0. The van der Waals surface area contributed by atoms with E-state index in [2.05, 4.69) is 10.3 Å². The van der Waals surface area contributed by atoms with E-state index in [9.17, 15) is 18.0 Å². The van der Waals surface area contributed by atoms with Crippen molar-refractivity contribution < 1.29 is 22.7 Å². The number of carbonyl (C=O) groups excluding carboxylic acids is 1. The second-order valence-corrected chi connectivity index (χ2v) is 6.04. The van der Waals surface area contributed by atoms with Crippen LogP contribution in [-0.4, -0.2) is 80.8 Å². The summed E-state index contributed by atoms with van der Waals surface area (Å²) in [6.07, 6.45) is -3.69. The maximum Gasteiger partial charge on any atom is 0.390 e. The molecule has 0 radical (unpaired) electrons. The first-order valence-electron chi connectivity index (χ1n) is 8.29. The molecule has 6 nitrogen and oxygen atoms in total. The van der Waals surface area contributed by atoms with E-state index in [1.54, 1.807) is 7.05 Å². The SMILES string of the molecule is CN=C(NCCC(F)(F)F)N1CCC(C(=O)N2CCOCC2)CC1.I. The van der Waals surface area contributed by atoms with Crippen LogP contribution in [0, 0.1) is 5.92 Å². The number of rotatable bonds is 3. The quantitative estimate of drug-likeness (QED) is 0.382. The Kier molecular flexibility index (Phi) is 9.25. The maximum absolute atomic E-state index is 12.5. The lowest BCUT2D eigenvalue weighted by Gasteiger charge is -2.36. The number of halogens is 4. The number of ether oxygens (including phenoxy) is 1. The number of carbonyl (C=O) groups is 1. The lowest BCUT2D eigenvalue weighted by molar-refractivity contribution is -0.141. The van der Waals surface area contributed by atoms with Crippen molar-refractivity contribution in [3.63, 3.8) is 0 Å². The third-order valence-electron chi connectivity index (χ3n) is 4.37. The minimum absolute atomic E-state index is 0. The molecule has 2 fully saturated rings. The fraction of sp³-hybridized carbons (Fsp3) is 0.867. The number of piperidine rings is 1. The fourth-order valence-corrected chi connectivity index (χ4v) is 3.03. The van der Waals surface area contributed by atoms with Crippen molar-refractivity contribution in [2.45, 2.75) is 25.4 Å². The molecule has 0 saturated carbocycles. The zero-order valence-electron chi connectivity index (χ0n) is 14.3. The molecular weight excluding hydrogens is 452 g/mol. The number of hydrogen-bond acceptors (Lipinski definition) is 3. The number of hydrogen-bond donors (Lipinski definition) is 1. The van der Waals surface area contributed by atoms with E-state index in [1.165, 1.54) is 0 Å². The Morgan fingerprint density at radius 2 is 1.76 bits per heavy atom. The van der Waals surface area contributed by atoms with Crippen LogP contribution in [-0.2, 0) is 9.53 Å². The summed E-state index contributed by atoms with van der Waals surface area (Å²) in [4.78, 5) is 20.3. The van der Waals surface area contributed by atoms with Gasteiger partial charge in [0.25, 0.3) is 0 Å². The molecule has 0 aromatic rings. The van der Waals surface area contributed by atoms with Crippen molar-refractivity contribution in [3.8, 4) is 0 Å². The molecule has 1 amide bonds. The molecule has 146 valence electrons. The topological polar surface area (TPSA) is 57.2 Å². The van der Waals surface area contributed by atoms with Gasteiger partial charge in [-0.2, -0.15) is 13.2 Å². The molecule has 0 bridgehead atoms. The van der Waals surface area contributed by atoms with Gasteiger partial charge in [-0.15, -0.1) is 24.0 Å². The Morgan fingerprint density at radius 3 is 2.28 bits per heavy atom. The fourth-order valence-electron chi connectivity index (χ4n) is 3.03. The highest BCUT2D eigenvalue weighted by Crippen LogP contribution is 2.21. The van der Waals surface area contributed by atoms with Gasteiger partial charge in [0.05, 0.1) is 19.6 Å². The largest absolute Gasteiger partial charge is 0.390 e. The smallest absolute Gasteiger partial charge is 0.378 e.